The van der Waals surface area contributed by atoms with Crippen LogP contribution in [0.15, 0.2) is 18.2 Å². The van der Waals surface area contributed by atoms with Crippen LogP contribution in [0.3, 0.4) is 0 Å². The minimum atomic E-state index is 0.141. The topological polar surface area (TPSA) is 55.6 Å². The number of nitrogens with two attached hydrogens (primary N) is 1. The Balaban J connectivity index is 2.37. The lowest BCUT2D eigenvalue weighted by Crippen LogP contribution is -2.35. The van der Waals surface area contributed by atoms with E-state index >= 15 is 0 Å². The molecule has 0 atom stereocenters. The molecule has 2 rings (SSSR count). The van der Waals surface area contributed by atoms with Gasteiger partial charge in [-0.15, -0.1) is 0 Å². The van der Waals surface area contributed by atoms with Gasteiger partial charge in [0, 0.05) is 18.5 Å². The first kappa shape index (κ1) is 12.8. The first-order valence-electron chi connectivity index (χ1n) is 5.91. The average molecular weight is 264 g/mol. The molecule has 0 bridgehead atoms. The van der Waals surface area contributed by atoms with Gasteiger partial charge in [0.05, 0.1) is 12.8 Å². The molecule has 0 aliphatic carbocycles. The van der Waals surface area contributed by atoms with Gasteiger partial charge in [-0.3, -0.25) is 4.79 Å². The summed E-state index contributed by atoms with van der Waals surface area (Å²) in [4.78, 5) is 14.0. The minimum Gasteiger partial charge on any atom is -0.495 e. The van der Waals surface area contributed by atoms with E-state index in [1.165, 1.54) is 0 Å². The fourth-order valence-electron chi connectivity index (χ4n) is 2.11. The van der Waals surface area contributed by atoms with E-state index in [4.69, 9.17) is 22.7 Å². The van der Waals surface area contributed by atoms with Crippen molar-refractivity contribution in [1.29, 1.82) is 0 Å². The molecule has 5 heteroatoms. The third-order valence-corrected chi connectivity index (χ3v) is 3.31. The van der Waals surface area contributed by atoms with Gasteiger partial charge in [-0.1, -0.05) is 12.2 Å². The number of rotatable bonds is 3. The maximum absolute atomic E-state index is 11.9. The molecule has 0 spiro atoms. The van der Waals surface area contributed by atoms with Crippen LogP contribution in [0, 0.1) is 0 Å². The van der Waals surface area contributed by atoms with Crippen molar-refractivity contribution in [3.8, 4) is 5.75 Å². The highest BCUT2D eigenvalue weighted by Gasteiger charge is 2.22. The SMILES string of the molecule is COc1cc(C(N)=S)ccc1N1CCCCC1=O. The Morgan fingerprint density at radius 1 is 1.44 bits per heavy atom. The second-order valence-electron chi connectivity index (χ2n) is 4.25. The van der Waals surface area contributed by atoms with Crippen molar-refractivity contribution >= 4 is 28.8 Å². The van der Waals surface area contributed by atoms with Crippen LogP contribution >= 0.6 is 12.2 Å². The summed E-state index contributed by atoms with van der Waals surface area (Å²) >= 11 is 4.93. The zero-order chi connectivity index (χ0) is 13.1. The van der Waals surface area contributed by atoms with Crippen molar-refractivity contribution in [3.05, 3.63) is 23.8 Å². The lowest BCUT2D eigenvalue weighted by atomic mass is 10.1. The van der Waals surface area contributed by atoms with E-state index in [1.807, 2.05) is 12.1 Å². The van der Waals surface area contributed by atoms with E-state index in [0.717, 1.165) is 30.6 Å². The van der Waals surface area contributed by atoms with Gasteiger partial charge >= 0.3 is 0 Å². The summed E-state index contributed by atoms with van der Waals surface area (Å²) in [6.07, 6.45) is 2.58. The Morgan fingerprint density at radius 3 is 2.83 bits per heavy atom. The molecule has 0 aromatic heterocycles. The molecule has 18 heavy (non-hydrogen) atoms. The number of thiocarbonyl (C=S) groups is 1. The van der Waals surface area contributed by atoms with Gasteiger partial charge < -0.3 is 15.4 Å². The van der Waals surface area contributed by atoms with Gasteiger partial charge in [0.15, 0.2) is 0 Å². The number of methoxy groups -OCH3 is 1. The predicted octanol–water partition coefficient (Wildman–Crippen LogP) is 1.85. The van der Waals surface area contributed by atoms with Crippen molar-refractivity contribution in [3.63, 3.8) is 0 Å². The minimum absolute atomic E-state index is 0.141. The summed E-state index contributed by atoms with van der Waals surface area (Å²) in [5.74, 6) is 0.776. The summed E-state index contributed by atoms with van der Waals surface area (Å²) in [5.41, 5.74) is 7.13. The number of amides is 1. The van der Waals surface area contributed by atoms with Crippen molar-refractivity contribution in [2.75, 3.05) is 18.6 Å². The Labute approximate surface area is 112 Å². The predicted molar refractivity (Wildman–Crippen MR) is 75.1 cm³/mol. The zero-order valence-corrected chi connectivity index (χ0v) is 11.1. The normalized spacial score (nSPS) is 15.6. The van der Waals surface area contributed by atoms with Crippen LogP contribution in [0.5, 0.6) is 5.75 Å². The second-order valence-corrected chi connectivity index (χ2v) is 4.69. The van der Waals surface area contributed by atoms with Crippen molar-refractivity contribution in [2.24, 2.45) is 5.73 Å². The molecule has 0 saturated carbocycles. The fraction of sp³-hybridized carbons (Fsp3) is 0.385. The number of nitrogens with zero attached hydrogens (tertiary/aromatic N) is 1. The van der Waals surface area contributed by atoms with E-state index in [1.54, 1.807) is 18.1 Å². The van der Waals surface area contributed by atoms with Crippen LogP contribution in [0.2, 0.25) is 0 Å². The third-order valence-electron chi connectivity index (χ3n) is 3.08. The second kappa shape index (κ2) is 5.35. The number of piperidine rings is 1. The van der Waals surface area contributed by atoms with Gasteiger partial charge in [-0.2, -0.15) is 0 Å². The van der Waals surface area contributed by atoms with Crippen molar-refractivity contribution in [1.82, 2.24) is 0 Å². The van der Waals surface area contributed by atoms with Gasteiger partial charge in [-0.05, 0) is 31.0 Å². The van der Waals surface area contributed by atoms with Crippen LogP contribution in [0.1, 0.15) is 24.8 Å². The molecule has 2 N–H and O–H groups in total. The molecule has 0 radical (unpaired) electrons. The smallest absolute Gasteiger partial charge is 0.227 e. The Bertz CT molecular complexity index is 488. The molecule has 1 fully saturated rings. The molecule has 1 aromatic carbocycles. The summed E-state index contributed by atoms with van der Waals surface area (Å²) in [6, 6.07) is 5.44. The van der Waals surface area contributed by atoms with Crippen LogP contribution in [0.25, 0.3) is 0 Å². The molecule has 1 aliphatic rings. The Hall–Kier alpha value is -1.62. The Kier molecular flexibility index (Phi) is 3.81. The van der Waals surface area contributed by atoms with Crippen molar-refractivity contribution < 1.29 is 9.53 Å². The van der Waals surface area contributed by atoms with Gasteiger partial charge in [0.25, 0.3) is 0 Å². The van der Waals surface area contributed by atoms with Gasteiger partial charge in [-0.25, -0.2) is 0 Å². The third kappa shape index (κ3) is 2.46. The van der Waals surface area contributed by atoms with Crippen LogP contribution in [-0.4, -0.2) is 24.6 Å². The highest BCUT2D eigenvalue weighted by molar-refractivity contribution is 7.80. The van der Waals surface area contributed by atoms with Crippen molar-refractivity contribution in [2.45, 2.75) is 19.3 Å². The average Bonchev–Trinajstić information content (AvgIpc) is 2.38. The first-order valence-corrected chi connectivity index (χ1v) is 6.32. The van der Waals surface area contributed by atoms with E-state index < -0.39 is 0 Å². The summed E-state index contributed by atoms with van der Waals surface area (Å²) in [6.45, 7) is 0.738. The quantitative estimate of drug-likeness (QED) is 0.846. The zero-order valence-electron chi connectivity index (χ0n) is 10.3. The molecule has 1 amide bonds. The highest BCUT2D eigenvalue weighted by Crippen LogP contribution is 2.31. The van der Waals surface area contributed by atoms with Crippen LogP contribution in [0.4, 0.5) is 5.69 Å². The van der Waals surface area contributed by atoms with Gasteiger partial charge in [0.1, 0.15) is 10.7 Å². The van der Waals surface area contributed by atoms with Gasteiger partial charge in [0.2, 0.25) is 5.91 Å². The Morgan fingerprint density at radius 2 is 2.22 bits per heavy atom. The van der Waals surface area contributed by atoms with E-state index in [9.17, 15) is 4.79 Å². The lowest BCUT2D eigenvalue weighted by Gasteiger charge is -2.28. The molecular weight excluding hydrogens is 248 g/mol. The number of hydrogen-bond donors (Lipinski definition) is 1. The number of ether oxygens (including phenoxy) is 1. The number of hydrogen-bond acceptors (Lipinski definition) is 3. The molecule has 4 nitrogen and oxygen atoms in total. The maximum Gasteiger partial charge on any atom is 0.227 e. The first-order chi connectivity index (χ1) is 8.63. The number of benzene rings is 1. The number of anilines is 1. The lowest BCUT2D eigenvalue weighted by molar-refractivity contribution is -0.119. The number of carbonyl (C=O) groups is 1. The molecule has 1 aliphatic heterocycles. The molecule has 0 unspecified atom stereocenters. The summed E-state index contributed by atoms with van der Waals surface area (Å²) in [7, 11) is 1.58. The summed E-state index contributed by atoms with van der Waals surface area (Å²) in [5, 5.41) is 0. The van der Waals surface area contributed by atoms with Crippen LogP contribution in [-0.2, 0) is 4.79 Å². The largest absolute Gasteiger partial charge is 0.495 e. The van der Waals surface area contributed by atoms with E-state index in [2.05, 4.69) is 0 Å². The highest BCUT2D eigenvalue weighted by atomic mass is 32.1. The molecule has 1 heterocycles. The summed E-state index contributed by atoms with van der Waals surface area (Å²) < 4.78 is 5.33. The fourth-order valence-corrected chi connectivity index (χ4v) is 2.24. The van der Waals surface area contributed by atoms with E-state index in [0.29, 0.717) is 17.2 Å². The van der Waals surface area contributed by atoms with Crippen LogP contribution < -0.4 is 15.4 Å². The van der Waals surface area contributed by atoms with E-state index in [-0.39, 0.29) is 5.91 Å². The standard InChI is InChI=1S/C13H16N2O2S/c1-17-11-8-9(13(14)18)5-6-10(11)15-7-3-2-4-12(15)16/h5-6,8H,2-4,7H2,1H3,(H2,14,18). The molecule has 96 valence electrons. The molecule has 1 saturated heterocycles. The number of carbonyl (C=O) groups excluding carboxylic acids is 1. The molecule has 1 aromatic rings. The molecular formula is C13H16N2O2S. The monoisotopic (exact) mass is 264 g/mol. The maximum atomic E-state index is 11.9.